The Morgan fingerprint density at radius 3 is 2.35 bits per heavy atom. The van der Waals surface area contributed by atoms with Crippen molar-refractivity contribution in [3.8, 4) is 0 Å². The van der Waals surface area contributed by atoms with Gasteiger partial charge in [0.15, 0.2) is 0 Å². The highest BCUT2D eigenvalue weighted by atomic mass is 16.3. The normalized spacial score (nSPS) is 14.9. The zero-order valence-corrected chi connectivity index (χ0v) is 11.2. The highest BCUT2D eigenvalue weighted by Gasteiger charge is 2.09. The van der Waals surface area contributed by atoms with Crippen LogP contribution in [0, 0.1) is 5.92 Å². The Balaban J connectivity index is 2.19. The van der Waals surface area contributed by atoms with Gasteiger partial charge in [-0.15, -0.1) is 0 Å². The molecule has 0 amide bonds. The van der Waals surface area contributed by atoms with Gasteiger partial charge in [-0.2, -0.15) is 0 Å². The van der Waals surface area contributed by atoms with Crippen molar-refractivity contribution >= 4 is 0 Å². The molecule has 0 saturated heterocycles. The summed E-state index contributed by atoms with van der Waals surface area (Å²) in [7, 11) is 0. The van der Waals surface area contributed by atoms with Crippen LogP contribution in [-0.4, -0.2) is 24.3 Å². The first-order valence-electron chi connectivity index (χ1n) is 6.55. The smallest absolute Gasteiger partial charge is 0.0687 e. The van der Waals surface area contributed by atoms with E-state index >= 15 is 0 Å². The van der Waals surface area contributed by atoms with E-state index in [0.29, 0.717) is 18.4 Å². The summed E-state index contributed by atoms with van der Waals surface area (Å²) in [5, 5.41) is 13.0. The van der Waals surface area contributed by atoms with Gasteiger partial charge >= 0.3 is 0 Å². The summed E-state index contributed by atoms with van der Waals surface area (Å²) in [4.78, 5) is 0. The average Bonchev–Trinajstić information content (AvgIpc) is 2.35. The first-order valence-corrected chi connectivity index (χ1v) is 6.55. The molecule has 2 atom stereocenters. The van der Waals surface area contributed by atoms with Crippen LogP contribution in [0.25, 0.3) is 0 Å². The van der Waals surface area contributed by atoms with Gasteiger partial charge in [0, 0.05) is 6.54 Å². The Morgan fingerprint density at radius 2 is 1.76 bits per heavy atom. The molecule has 1 aromatic carbocycles. The molecule has 0 bridgehead atoms. The number of hydrogen-bond donors (Lipinski definition) is 2. The molecule has 2 N–H and O–H groups in total. The number of nitrogens with one attached hydrogen (secondary N) is 1. The summed E-state index contributed by atoms with van der Waals surface area (Å²) in [5.41, 5.74) is 1.39. The van der Waals surface area contributed by atoms with Crippen LogP contribution >= 0.6 is 0 Å². The van der Waals surface area contributed by atoms with Crippen molar-refractivity contribution in [1.29, 1.82) is 0 Å². The first-order chi connectivity index (χ1) is 8.11. The van der Waals surface area contributed by atoms with Gasteiger partial charge in [0.1, 0.15) is 0 Å². The predicted molar refractivity (Wildman–Crippen MR) is 73.2 cm³/mol. The molecule has 0 fully saturated rings. The number of aliphatic hydroxyl groups excluding tert-OH is 1. The quantitative estimate of drug-likeness (QED) is 0.712. The van der Waals surface area contributed by atoms with Crippen LogP contribution in [0.1, 0.15) is 38.7 Å². The summed E-state index contributed by atoms with van der Waals surface area (Å²) in [6, 6.07) is 10.6. The molecule has 2 heteroatoms. The lowest BCUT2D eigenvalue weighted by atomic mass is 9.98. The molecule has 2 nitrogen and oxygen atoms in total. The summed E-state index contributed by atoms with van der Waals surface area (Å²) >= 11 is 0. The summed E-state index contributed by atoms with van der Waals surface area (Å²) in [5.74, 6) is 0.897. The maximum Gasteiger partial charge on any atom is 0.0687 e. The third-order valence-electron chi connectivity index (χ3n) is 3.25. The van der Waals surface area contributed by atoms with Crippen molar-refractivity contribution in [1.82, 2.24) is 5.32 Å². The van der Waals surface area contributed by atoms with Crippen LogP contribution in [0.15, 0.2) is 30.3 Å². The number of aliphatic hydroxyl groups is 1. The third kappa shape index (κ3) is 5.33. The van der Waals surface area contributed by atoms with E-state index in [-0.39, 0.29) is 6.10 Å². The van der Waals surface area contributed by atoms with Crippen LogP contribution in [0.3, 0.4) is 0 Å². The molecule has 0 aromatic heterocycles. The Morgan fingerprint density at radius 1 is 1.12 bits per heavy atom. The van der Waals surface area contributed by atoms with E-state index in [1.54, 1.807) is 0 Å². The standard InChI is InChI=1S/C15H25NO/c1-12(2)15(17)11-16-10-9-13(3)14-7-5-4-6-8-14/h4-8,12-13,15-17H,9-11H2,1-3H3. The van der Waals surface area contributed by atoms with Crippen molar-refractivity contribution in [3.63, 3.8) is 0 Å². The topological polar surface area (TPSA) is 32.3 Å². The predicted octanol–water partition coefficient (Wildman–Crippen LogP) is 2.79. The summed E-state index contributed by atoms with van der Waals surface area (Å²) < 4.78 is 0. The lowest BCUT2D eigenvalue weighted by Gasteiger charge is -2.16. The maximum atomic E-state index is 9.65. The minimum atomic E-state index is -0.234. The Bertz CT molecular complexity index is 297. The number of benzene rings is 1. The van der Waals surface area contributed by atoms with E-state index in [1.165, 1.54) is 5.56 Å². The van der Waals surface area contributed by atoms with Crippen molar-refractivity contribution in [3.05, 3.63) is 35.9 Å². The van der Waals surface area contributed by atoms with Crippen LogP contribution in [0.5, 0.6) is 0 Å². The second-order valence-electron chi connectivity index (χ2n) is 5.12. The van der Waals surface area contributed by atoms with Gasteiger partial charge in [-0.25, -0.2) is 0 Å². The van der Waals surface area contributed by atoms with E-state index in [4.69, 9.17) is 0 Å². The third-order valence-corrected chi connectivity index (χ3v) is 3.25. The second kappa shape index (κ2) is 7.46. The van der Waals surface area contributed by atoms with Crippen LogP contribution in [0.2, 0.25) is 0 Å². The Kier molecular flexibility index (Phi) is 6.23. The van der Waals surface area contributed by atoms with Crippen molar-refractivity contribution in [2.24, 2.45) is 5.92 Å². The van der Waals surface area contributed by atoms with E-state index < -0.39 is 0 Å². The minimum Gasteiger partial charge on any atom is -0.392 e. The number of rotatable bonds is 7. The molecular formula is C15H25NO. The van der Waals surface area contributed by atoms with Crippen LogP contribution in [-0.2, 0) is 0 Å². The fourth-order valence-electron chi connectivity index (χ4n) is 1.75. The van der Waals surface area contributed by atoms with E-state index in [1.807, 2.05) is 19.9 Å². The first kappa shape index (κ1) is 14.2. The second-order valence-corrected chi connectivity index (χ2v) is 5.12. The molecule has 96 valence electrons. The molecule has 2 unspecified atom stereocenters. The van der Waals surface area contributed by atoms with Crippen molar-refractivity contribution in [2.45, 2.75) is 39.2 Å². The van der Waals surface area contributed by atoms with Gasteiger partial charge in [0.2, 0.25) is 0 Å². The lowest BCUT2D eigenvalue weighted by molar-refractivity contribution is 0.123. The molecule has 0 saturated carbocycles. The van der Waals surface area contributed by atoms with Crippen LogP contribution in [0.4, 0.5) is 0 Å². The van der Waals surface area contributed by atoms with Gasteiger partial charge in [-0.3, -0.25) is 0 Å². The molecule has 0 heterocycles. The molecule has 0 aliphatic heterocycles. The zero-order chi connectivity index (χ0) is 12.7. The molecule has 0 radical (unpaired) electrons. The van der Waals surface area contributed by atoms with Gasteiger partial charge < -0.3 is 10.4 Å². The molecule has 1 aromatic rings. The highest BCUT2D eigenvalue weighted by molar-refractivity contribution is 5.18. The Hall–Kier alpha value is -0.860. The summed E-state index contributed by atoms with van der Waals surface area (Å²) in [6.45, 7) is 7.98. The monoisotopic (exact) mass is 235 g/mol. The van der Waals surface area contributed by atoms with Gasteiger partial charge in [0.25, 0.3) is 0 Å². The van der Waals surface area contributed by atoms with Gasteiger partial charge in [0.05, 0.1) is 6.10 Å². The maximum absolute atomic E-state index is 9.65. The minimum absolute atomic E-state index is 0.234. The van der Waals surface area contributed by atoms with Gasteiger partial charge in [-0.05, 0) is 30.4 Å². The fourth-order valence-corrected chi connectivity index (χ4v) is 1.75. The van der Waals surface area contributed by atoms with Gasteiger partial charge in [-0.1, -0.05) is 51.1 Å². The molecule has 0 aliphatic carbocycles. The zero-order valence-electron chi connectivity index (χ0n) is 11.2. The average molecular weight is 235 g/mol. The SMILES string of the molecule is CC(CCNCC(O)C(C)C)c1ccccc1. The lowest BCUT2D eigenvalue weighted by Crippen LogP contribution is -2.31. The Labute approximate surface area is 105 Å². The van der Waals surface area contributed by atoms with E-state index in [2.05, 4.69) is 36.5 Å². The van der Waals surface area contributed by atoms with Crippen molar-refractivity contribution in [2.75, 3.05) is 13.1 Å². The van der Waals surface area contributed by atoms with E-state index in [9.17, 15) is 5.11 Å². The van der Waals surface area contributed by atoms with E-state index in [0.717, 1.165) is 13.0 Å². The van der Waals surface area contributed by atoms with Crippen LogP contribution < -0.4 is 5.32 Å². The molecular weight excluding hydrogens is 210 g/mol. The molecule has 17 heavy (non-hydrogen) atoms. The largest absolute Gasteiger partial charge is 0.392 e. The fraction of sp³-hybridized carbons (Fsp3) is 0.600. The highest BCUT2D eigenvalue weighted by Crippen LogP contribution is 2.17. The number of hydrogen-bond acceptors (Lipinski definition) is 2. The molecule has 0 aliphatic rings. The summed E-state index contributed by atoms with van der Waals surface area (Å²) in [6.07, 6.45) is 0.872. The van der Waals surface area contributed by atoms with Crippen molar-refractivity contribution < 1.29 is 5.11 Å². The molecule has 1 rings (SSSR count). The molecule has 0 spiro atoms.